The standard InChI is InChI=1S/C17H10Br3I/c18-10-5-8-16(21)14(9-10)17(20)13-6-7-15(19)12-4-2-1-3-11(12)13/h1-9,17H. The van der Waals surface area contributed by atoms with Crippen LogP contribution in [0.3, 0.4) is 0 Å². The Morgan fingerprint density at radius 1 is 0.810 bits per heavy atom. The zero-order valence-electron chi connectivity index (χ0n) is 10.8. The van der Waals surface area contributed by atoms with Crippen molar-refractivity contribution in [2.45, 2.75) is 4.83 Å². The van der Waals surface area contributed by atoms with Gasteiger partial charge in [-0.25, -0.2) is 0 Å². The van der Waals surface area contributed by atoms with E-state index in [9.17, 15) is 0 Å². The molecule has 0 N–H and O–H groups in total. The third-order valence-corrected chi connectivity index (χ3v) is 6.56. The third-order valence-electron chi connectivity index (χ3n) is 3.41. The number of halogens is 4. The molecule has 0 saturated heterocycles. The van der Waals surface area contributed by atoms with Gasteiger partial charge in [-0.15, -0.1) is 0 Å². The second kappa shape index (κ2) is 6.69. The van der Waals surface area contributed by atoms with Gasteiger partial charge in [-0.1, -0.05) is 78.1 Å². The summed E-state index contributed by atoms with van der Waals surface area (Å²) < 4.78 is 3.49. The molecule has 0 aliphatic carbocycles. The van der Waals surface area contributed by atoms with E-state index < -0.39 is 0 Å². The quantitative estimate of drug-likeness (QED) is 0.218. The lowest BCUT2D eigenvalue weighted by atomic mass is 9.98. The molecule has 0 aromatic heterocycles. The molecule has 0 radical (unpaired) electrons. The molecule has 0 bridgehead atoms. The summed E-state index contributed by atoms with van der Waals surface area (Å²) in [5.41, 5.74) is 2.56. The highest BCUT2D eigenvalue weighted by atomic mass is 127. The molecule has 0 aliphatic heterocycles. The highest BCUT2D eigenvalue weighted by molar-refractivity contribution is 14.1. The summed E-state index contributed by atoms with van der Waals surface area (Å²) in [6.45, 7) is 0. The average Bonchev–Trinajstić information content (AvgIpc) is 2.50. The maximum absolute atomic E-state index is 3.88. The number of benzene rings is 3. The van der Waals surface area contributed by atoms with E-state index in [-0.39, 0.29) is 4.83 Å². The lowest BCUT2D eigenvalue weighted by molar-refractivity contribution is 1.18. The van der Waals surface area contributed by atoms with Crippen LogP contribution in [0, 0.1) is 3.57 Å². The van der Waals surface area contributed by atoms with Crippen LogP contribution in [-0.2, 0) is 0 Å². The first-order valence-electron chi connectivity index (χ1n) is 6.34. The van der Waals surface area contributed by atoms with Gasteiger partial charge in [0.05, 0.1) is 4.83 Å². The summed E-state index contributed by atoms with van der Waals surface area (Å²) in [6.07, 6.45) is 0. The highest BCUT2D eigenvalue weighted by Gasteiger charge is 2.17. The van der Waals surface area contributed by atoms with Crippen LogP contribution in [-0.4, -0.2) is 0 Å². The SMILES string of the molecule is Brc1ccc(I)c(C(Br)c2ccc(Br)c3ccccc23)c1. The van der Waals surface area contributed by atoms with Gasteiger partial charge >= 0.3 is 0 Å². The first-order valence-corrected chi connectivity index (χ1v) is 9.92. The van der Waals surface area contributed by atoms with Crippen LogP contribution in [0.1, 0.15) is 16.0 Å². The van der Waals surface area contributed by atoms with Crippen LogP contribution in [0.4, 0.5) is 0 Å². The van der Waals surface area contributed by atoms with Crippen LogP contribution in [0.2, 0.25) is 0 Å². The Bertz CT molecular complexity index is 814. The topological polar surface area (TPSA) is 0 Å². The van der Waals surface area contributed by atoms with Crippen molar-refractivity contribution in [3.05, 3.63) is 78.2 Å². The molecule has 106 valence electrons. The van der Waals surface area contributed by atoms with E-state index in [0.717, 1.165) is 8.95 Å². The van der Waals surface area contributed by atoms with E-state index >= 15 is 0 Å². The Labute approximate surface area is 162 Å². The van der Waals surface area contributed by atoms with Gasteiger partial charge in [-0.05, 0) is 68.8 Å². The van der Waals surface area contributed by atoms with Crippen molar-refractivity contribution in [1.29, 1.82) is 0 Å². The average molecular weight is 581 g/mol. The summed E-state index contributed by atoms with van der Waals surface area (Å²) in [6, 6.07) is 19.2. The van der Waals surface area contributed by atoms with Crippen LogP contribution in [0.5, 0.6) is 0 Å². The zero-order chi connectivity index (χ0) is 15.0. The smallest absolute Gasteiger partial charge is 0.0661 e. The molecule has 1 atom stereocenters. The summed E-state index contributed by atoms with van der Waals surface area (Å²) in [4.78, 5) is 0.167. The van der Waals surface area contributed by atoms with E-state index in [2.05, 4.69) is 125 Å². The van der Waals surface area contributed by atoms with Gasteiger partial charge in [0.2, 0.25) is 0 Å². The fraction of sp³-hybridized carbons (Fsp3) is 0.0588. The van der Waals surface area contributed by atoms with E-state index in [1.54, 1.807) is 0 Å². The van der Waals surface area contributed by atoms with Gasteiger partial charge in [0.25, 0.3) is 0 Å². The van der Waals surface area contributed by atoms with E-state index in [1.165, 1.54) is 25.5 Å². The molecule has 0 fully saturated rings. The molecule has 1 unspecified atom stereocenters. The molecule has 0 spiro atoms. The molecular formula is C17H10Br3I. The lowest BCUT2D eigenvalue weighted by Crippen LogP contribution is -1.97. The van der Waals surface area contributed by atoms with E-state index in [1.807, 2.05) is 0 Å². The van der Waals surface area contributed by atoms with Gasteiger partial charge in [0.15, 0.2) is 0 Å². The fourth-order valence-corrected chi connectivity index (χ4v) is 5.09. The zero-order valence-corrected chi connectivity index (χ0v) is 17.7. The van der Waals surface area contributed by atoms with Crippen molar-refractivity contribution >= 4 is 81.2 Å². The molecule has 0 saturated carbocycles. The predicted molar refractivity (Wildman–Crippen MR) is 109 cm³/mol. The Morgan fingerprint density at radius 2 is 1.52 bits per heavy atom. The Morgan fingerprint density at radius 3 is 2.29 bits per heavy atom. The van der Waals surface area contributed by atoms with E-state index in [0.29, 0.717) is 0 Å². The maximum atomic E-state index is 3.88. The maximum Gasteiger partial charge on any atom is 0.0661 e. The molecule has 4 heteroatoms. The van der Waals surface area contributed by atoms with Gasteiger partial charge in [0, 0.05) is 12.5 Å². The monoisotopic (exact) mass is 578 g/mol. The van der Waals surface area contributed by atoms with Crippen molar-refractivity contribution in [3.8, 4) is 0 Å². The third kappa shape index (κ3) is 3.23. The van der Waals surface area contributed by atoms with Crippen LogP contribution in [0.15, 0.2) is 63.5 Å². The molecular weight excluding hydrogens is 571 g/mol. The van der Waals surface area contributed by atoms with Gasteiger partial charge in [-0.3, -0.25) is 0 Å². The second-order valence-electron chi connectivity index (χ2n) is 4.71. The minimum Gasteiger partial charge on any atom is -0.0786 e. The highest BCUT2D eigenvalue weighted by Crippen LogP contribution is 2.39. The molecule has 21 heavy (non-hydrogen) atoms. The molecule has 0 heterocycles. The van der Waals surface area contributed by atoms with Crippen molar-refractivity contribution in [1.82, 2.24) is 0 Å². The molecule has 3 aromatic rings. The number of hydrogen-bond donors (Lipinski definition) is 0. The van der Waals surface area contributed by atoms with Crippen molar-refractivity contribution in [2.75, 3.05) is 0 Å². The summed E-state index contributed by atoms with van der Waals surface area (Å²) in [5, 5.41) is 2.51. The Kier molecular flexibility index (Phi) is 5.08. The Balaban J connectivity index is 2.20. The number of hydrogen-bond acceptors (Lipinski definition) is 0. The predicted octanol–water partition coefficient (Wildman–Crippen LogP) is 7.45. The second-order valence-corrected chi connectivity index (χ2v) is 8.56. The molecule has 3 rings (SSSR count). The number of rotatable bonds is 2. The first-order chi connectivity index (χ1) is 10.1. The Hall–Kier alpha value is 0.0900. The number of fused-ring (bicyclic) bond motifs is 1. The van der Waals surface area contributed by atoms with Crippen LogP contribution < -0.4 is 0 Å². The number of alkyl halides is 1. The molecule has 0 nitrogen and oxygen atoms in total. The van der Waals surface area contributed by atoms with E-state index in [4.69, 9.17) is 0 Å². The lowest BCUT2D eigenvalue weighted by Gasteiger charge is -2.16. The summed E-state index contributed by atoms with van der Waals surface area (Å²) in [7, 11) is 0. The molecule has 3 aromatic carbocycles. The van der Waals surface area contributed by atoms with Crippen LogP contribution >= 0.6 is 70.4 Å². The van der Waals surface area contributed by atoms with Gasteiger partial charge in [0.1, 0.15) is 0 Å². The van der Waals surface area contributed by atoms with Crippen molar-refractivity contribution in [2.24, 2.45) is 0 Å². The fourth-order valence-electron chi connectivity index (χ4n) is 2.38. The largest absolute Gasteiger partial charge is 0.0786 e. The first kappa shape index (κ1) is 16.0. The van der Waals surface area contributed by atoms with Gasteiger partial charge < -0.3 is 0 Å². The summed E-state index contributed by atoms with van der Waals surface area (Å²) >= 11 is 13.5. The normalized spacial score (nSPS) is 12.6. The molecule has 0 amide bonds. The molecule has 0 aliphatic rings. The van der Waals surface area contributed by atoms with Crippen molar-refractivity contribution < 1.29 is 0 Å². The minimum absolute atomic E-state index is 0.167. The summed E-state index contributed by atoms with van der Waals surface area (Å²) in [5.74, 6) is 0. The van der Waals surface area contributed by atoms with Crippen LogP contribution in [0.25, 0.3) is 10.8 Å². The van der Waals surface area contributed by atoms with Crippen molar-refractivity contribution in [3.63, 3.8) is 0 Å². The van der Waals surface area contributed by atoms with Gasteiger partial charge in [-0.2, -0.15) is 0 Å². The minimum atomic E-state index is 0.167.